The molecule has 0 fully saturated rings. The van der Waals surface area contributed by atoms with Gasteiger partial charge in [-0.2, -0.15) is 0 Å². The van der Waals surface area contributed by atoms with Crippen LogP contribution in [0.25, 0.3) is 10.8 Å². The number of amides is 1. The van der Waals surface area contributed by atoms with Crippen LogP contribution in [0.15, 0.2) is 48.5 Å². The molecule has 0 atom stereocenters. The smallest absolute Gasteiger partial charge is 0.224 e. The Kier molecular flexibility index (Phi) is 4.04. The van der Waals surface area contributed by atoms with Gasteiger partial charge in [0.15, 0.2) is 0 Å². The first kappa shape index (κ1) is 15.9. The summed E-state index contributed by atoms with van der Waals surface area (Å²) in [5, 5.41) is 5.64. The zero-order valence-electron chi connectivity index (χ0n) is 14.9. The van der Waals surface area contributed by atoms with E-state index in [9.17, 15) is 4.79 Å². The van der Waals surface area contributed by atoms with Gasteiger partial charge >= 0.3 is 0 Å². The van der Waals surface area contributed by atoms with E-state index in [0.29, 0.717) is 6.42 Å². The van der Waals surface area contributed by atoms with Gasteiger partial charge in [-0.25, -0.2) is 0 Å². The number of benzene rings is 3. The maximum atomic E-state index is 12.5. The van der Waals surface area contributed by atoms with Gasteiger partial charge in [0.2, 0.25) is 5.91 Å². The predicted octanol–water partition coefficient (Wildman–Crippen LogP) is 5.13. The number of rotatable bonds is 4. The molecule has 126 valence electrons. The van der Waals surface area contributed by atoms with Gasteiger partial charge in [0.25, 0.3) is 0 Å². The molecular weight excluding hydrogens is 306 g/mol. The average Bonchev–Trinajstić information content (AvgIpc) is 3.03. The van der Waals surface area contributed by atoms with E-state index < -0.39 is 0 Å². The van der Waals surface area contributed by atoms with Crippen LogP contribution in [0, 0.1) is 13.8 Å². The molecule has 0 saturated heterocycles. The van der Waals surface area contributed by atoms with Gasteiger partial charge in [-0.3, -0.25) is 4.79 Å². The van der Waals surface area contributed by atoms with Crippen molar-refractivity contribution in [2.24, 2.45) is 0 Å². The molecule has 2 heteroatoms. The van der Waals surface area contributed by atoms with E-state index in [2.05, 4.69) is 67.7 Å². The first-order valence-electron chi connectivity index (χ1n) is 9.01. The molecule has 0 aliphatic heterocycles. The van der Waals surface area contributed by atoms with Crippen molar-refractivity contribution in [3.63, 3.8) is 0 Å². The highest BCUT2D eigenvalue weighted by Gasteiger charge is 2.16. The van der Waals surface area contributed by atoms with Crippen molar-refractivity contribution in [1.82, 2.24) is 0 Å². The third-order valence-corrected chi connectivity index (χ3v) is 5.36. The lowest BCUT2D eigenvalue weighted by molar-refractivity contribution is -0.116. The Hall–Kier alpha value is -2.61. The third kappa shape index (κ3) is 3.05. The summed E-state index contributed by atoms with van der Waals surface area (Å²) >= 11 is 0. The number of nitrogens with one attached hydrogen (secondary N) is 1. The van der Waals surface area contributed by atoms with Gasteiger partial charge in [0, 0.05) is 17.5 Å². The maximum absolute atomic E-state index is 12.5. The molecule has 1 amide bonds. The molecule has 1 aliphatic rings. The highest BCUT2D eigenvalue weighted by atomic mass is 16.1. The molecule has 0 unspecified atom stereocenters. The Labute approximate surface area is 148 Å². The van der Waals surface area contributed by atoms with Crippen molar-refractivity contribution < 1.29 is 4.79 Å². The van der Waals surface area contributed by atoms with Crippen LogP contribution in [-0.4, -0.2) is 5.91 Å². The fourth-order valence-electron chi connectivity index (χ4n) is 3.79. The molecule has 0 saturated carbocycles. The second kappa shape index (κ2) is 6.36. The highest BCUT2D eigenvalue weighted by Crippen LogP contribution is 2.35. The van der Waals surface area contributed by atoms with Crippen molar-refractivity contribution in [3.8, 4) is 0 Å². The standard InChI is InChI=1S/C23H23NO/c1-15-6-7-17(14-16(15)2)8-13-22(25)24-21-12-11-19-10-9-18-4-3-5-20(21)23(18)19/h3-7,11-12,14H,8-10,13H2,1-2H3,(H,24,25). The number of hydrogen-bond acceptors (Lipinski definition) is 1. The normalized spacial score (nSPS) is 12.6. The zero-order valence-corrected chi connectivity index (χ0v) is 14.9. The summed E-state index contributed by atoms with van der Waals surface area (Å²) < 4.78 is 0. The summed E-state index contributed by atoms with van der Waals surface area (Å²) in [7, 11) is 0. The zero-order chi connectivity index (χ0) is 17.4. The molecule has 4 rings (SSSR count). The highest BCUT2D eigenvalue weighted by molar-refractivity contribution is 6.05. The van der Waals surface area contributed by atoms with Crippen LogP contribution in [0.3, 0.4) is 0 Å². The van der Waals surface area contributed by atoms with E-state index in [1.165, 1.54) is 38.6 Å². The molecular formula is C23H23NO. The second-order valence-corrected chi connectivity index (χ2v) is 7.08. The number of anilines is 1. The van der Waals surface area contributed by atoms with Crippen LogP contribution in [-0.2, 0) is 24.1 Å². The minimum Gasteiger partial charge on any atom is -0.326 e. The van der Waals surface area contributed by atoms with Gasteiger partial charge in [0.1, 0.15) is 0 Å². The topological polar surface area (TPSA) is 29.1 Å². The Balaban J connectivity index is 1.50. The first-order valence-corrected chi connectivity index (χ1v) is 9.01. The van der Waals surface area contributed by atoms with Crippen LogP contribution in [0.1, 0.15) is 34.2 Å². The fraction of sp³-hybridized carbons (Fsp3) is 0.261. The van der Waals surface area contributed by atoms with Gasteiger partial charge in [-0.1, -0.05) is 42.5 Å². The van der Waals surface area contributed by atoms with Crippen molar-refractivity contribution >= 4 is 22.4 Å². The van der Waals surface area contributed by atoms with Crippen molar-refractivity contribution in [3.05, 3.63) is 76.3 Å². The van der Waals surface area contributed by atoms with Crippen molar-refractivity contribution in [1.29, 1.82) is 0 Å². The molecule has 0 heterocycles. The monoisotopic (exact) mass is 329 g/mol. The molecule has 0 bridgehead atoms. The maximum Gasteiger partial charge on any atom is 0.224 e. The van der Waals surface area contributed by atoms with Crippen molar-refractivity contribution in [2.75, 3.05) is 5.32 Å². The molecule has 3 aromatic rings. The summed E-state index contributed by atoms with van der Waals surface area (Å²) in [6.07, 6.45) is 3.49. The van der Waals surface area contributed by atoms with E-state index in [-0.39, 0.29) is 5.91 Å². The molecule has 0 radical (unpaired) electrons. The summed E-state index contributed by atoms with van der Waals surface area (Å²) in [5.41, 5.74) is 7.54. The number of aryl methyl sites for hydroxylation is 5. The Morgan fingerprint density at radius 1 is 0.960 bits per heavy atom. The van der Waals surface area contributed by atoms with Gasteiger partial charge in [-0.05, 0) is 72.4 Å². The fourth-order valence-corrected chi connectivity index (χ4v) is 3.79. The molecule has 2 nitrogen and oxygen atoms in total. The van der Waals surface area contributed by atoms with Crippen molar-refractivity contribution in [2.45, 2.75) is 39.5 Å². The van der Waals surface area contributed by atoms with Gasteiger partial charge in [0.05, 0.1) is 0 Å². The summed E-state index contributed by atoms with van der Waals surface area (Å²) in [5.74, 6) is 0.0805. The third-order valence-electron chi connectivity index (χ3n) is 5.36. The van der Waals surface area contributed by atoms with E-state index in [1.54, 1.807) is 0 Å². The summed E-state index contributed by atoms with van der Waals surface area (Å²) in [6, 6.07) is 17.1. The molecule has 3 aromatic carbocycles. The first-order chi connectivity index (χ1) is 12.1. The van der Waals surface area contributed by atoms with E-state index >= 15 is 0 Å². The van der Waals surface area contributed by atoms with Crippen LogP contribution in [0.2, 0.25) is 0 Å². The Bertz CT molecular complexity index is 961. The minimum atomic E-state index is 0.0805. The predicted molar refractivity (Wildman–Crippen MR) is 104 cm³/mol. The van der Waals surface area contributed by atoms with E-state index in [4.69, 9.17) is 0 Å². The lowest BCUT2D eigenvalue weighted by Crippen LogP contribution is -2.12. The largest absolute Gasteiger partial charge is 0.326 e. The second-order valence-electron chi connectivity index (χ2n) is 7.08. The molecule has 1 N–H and O–H groups in total. The summed E-state index contributed by atoms with van der Waals surface area (Å²) in [6.45, 7) is 4.23. The number of hydrogen-bond donors (Lipinski definition) is 1. The molecule has 25 heavy (non-hydrogen) atoms. The van der Waals surface area contributed by atoms with Gasteiger partial charge < -0.3 is 5.32 Å². The Morgan fingerprint density at radius 3 is 2.56 bits per heavy atom. The van der Waals surface area contributed by atoms with Crippen LogP contribution in [0.5, 0.6) is 0 Å². The van der Waals surface area contributed by atoms with Gasteiger partial charge in [-0.15, -0.1) is 0 Å². The van der Waals surface area contributed by atoms with E-state index in [0.717, 1.165) is 24.9 Å². The van der Waals surface area contributed by atoms with Crippen LogP contribution < -0.4 is 5.32 Å². The van der Waals surface area contributed by atoms with Crippen LogP contribution >= 0.6 is 0 Å². The molecule has 1 aliphatic carbocycles. The molecule has 0 spiro atoms. The quantitative estimate of drug-likeness (QED) is 0.706. The SMILES string of the molecule is Cc1ccc(CCC(=O)Nc2ccc3c4c(cccc24)CC3)cc1C. The average molecular weight is 329 g/mol. The molecule has 0 aromatic heterocycles. The Morgan fingerprint density at radius 2 is 1.76 bits per heavy atom. The van der Waals surface area contributed by atoms with Crippen LogP contribution in [0.4, 0.5) is 5.69 Å². The minimum absolute atomic E-state index is 0.0805. The number of carbonyl (C=O) groups excluding carboxylic acids is 1. The van der Waals surface area contributed by atoms with E-state index in [1.807, 2.05) is 0 Å². The summed E-state index contributed by atoms with van der Waals surface area (Å²) in [4.78, 5) is 12.5. The lowest BCUT2D eigenvalue weighted by Gasteiger charge is -2.11. The lowest BCUT2D eigenvalue weighted by atomic mass is 10.0. The number of carbonyl (C=O) groups is 1.